The van der Waals surface area contributed by atoms with Crippen molar-refractivity contribution in [2.24, 2.45) is 5.92 Å². The van der Waals surface area contributed by atoms with E-state index in [1.807, 2.05) is 31.2 Å². The average molecular weight is 598 g/mol. The number of hydrogen-bond donors (Lipinski definition) is 4. The zero-order valence-corrected chi connectivity index (χ0v) is 24.9. The number of benzene rings is 2. The van der Waals surface area contributed by atoms with Crippen molar-refractivity contribution in [1.82, 2.24) is 31.0 Å². The van der Waals surface area contributed by atoms with E-state index in [0.717, 1.165) is 35.1 Å². The molecule has 3 aliphatic rings. The van der Waals surface area contributed by atoms with Crippen molar-refractivity contribution in [3.05, 3.63) is 86.2 Å². The van der Waals surface area contributed by atoms with Gasteiger partial charge in [0.25, 0.3) is 11.8 Å². The molecule has 0 bridgehead atoms. The highest BCUT2D eigenvalue weighted by molar-refractivity contribution is 5.95. The highest BCUT2D eigenvalue weighted by Crippen LogP contribution is 2.48. The van der Waals surface area contributed by atoms with E-state index in [2.05, 4.69) is 32.2 Å². The third kappa shape index (κ3) is 4.97. The van der Waals surface area contributed by atoms with Gasteiger partial charge in [-0.2, -0.15) is 10.2 Å². The van der Waals surface area contributed by atoms with Crippen LogP contribution in [0.5, 0.6) is 0 Å². The molecule has 0 radical (unpaired) electrons. The number of piperidine rings is 1. The number of H-pyrrole nitrogens is 1. The molecule has 3 aromatic rings. The number of carbonyl (C=O) groups excluding carboxylic acids is 3. The monoisotopic (exact) mass is 597 g/mol. The van der Waals surface area contributed by atoms with Crippen molar-refractivity contribution in [1.29, 1.82) is 5.26 Å². The fraction of sp³-hybridized carbons (Fsp3) is 0.438. The van der Waals surface area contributed by atoms with E-state index in [1.165, 1.54) is 0 Å². The van der Waals surface area contributed by atoms with E-state index in [4.69, 9.17) is 4.52 Å². The lowest BCUT2D eigenvalue weighted by Crippen LogP contribution is -2.46. The van der Waals surface area contributed by atoms with Gasteiger partial charge in [-0.25, -0.2) is 9.95 Å². The SMILES string of the molecule is CNC(=O)c1ccc2c(c1)CCc1cc(C(=O)NC)ccc1C2(C[C@H](C)NCC(=O)N1[C@H](C#N)C[C@@H]2C[C@@H]21)c1nc(=O)o[nH]1. The quantitative estimate of drug-likeness (QED) is 0.302. The van der Waals surface area contributed by atoms with Crippen LogP contribution in [0, 0.1) is 17.2 Å². The molecular weight excluding hydrogens is 562 g/mol. The van der Waals surface area contributed by atoms with Gasteiger partial charge in [0.05, 0.1) is 18.0 Å². The van der Waals surface area contributed by atoms with Crippen molar-refractivity contribution in [2.75, 3.05) is 20.6 Å². The highest BCUT2D eigenvalue weighted by atomic mass is 16.5. The molecule has 2 aromatic carbocycles. The van der Waals surface area contributed by atoms with Crippen molar-refractivity contribution < 1.29 is 18.9 Å². The lowest BCUT2D eigenvalue weighted by Gasteiger charge is -2.37. The minimum atomic E-state index is -1.06. The lowest BCUT2D eigenvalue weighted by molar-refractivity contribution is -0.131. The number of hydrogen-bond acceptors (Lipinski definition) is 8. The first-order valence-corrected chi connectivity index (χ1v) is 14.9. The first-order valence-electron chi connectivity index (χ1n) is 14.9. The molecule has 1 aliphatic heterocycles. The summed E-state index contributed by atoms with van der Waals surface area (Å²) in [5.74, 6) is -0.614. The molecule has 2 fully saturated rings. The number of nitrogens with zero attached hydrogens (tertiary/aromatic N) is 3. The summed E-state index contributed by atoms with van der Waals surface area (Å²) >= 11 is 0. The Kier molecular flexibility index (Phi) is 7.59. The number of rotatable bonds is 8. The molecule has 2 aliphatic carbocycles. The summed E-state index contributed by atoms with van der Waals surface area (Å²) in [6.45, 7) is 2.01. The molecule has 1 aromatic heterocycles. The summed E-state index contributed by atoms with van der Waals surface area (Å²) in [4.78, 5) is 56.9. The summed E-state index contributed by atoms with van der Waals surface area (Å²) in [7, 11) is 3.15. The third-order valence-corrected chi connectivity index (χ3v) is 9.37. The van der Waals surface area contributed by atoms with Crippen molar-refractivity contribution in [3.8, 4) is 6.07 Å². The second-order valence-electron chi connectivity index (χ2n) is 12.0. The summed E-state index contributed by atoms with van der Waals surface area (Å²) in [5, 5.41) is 21.1. The van der Waals surface area contributed by atoms with E-state index in [-0.39, 0.29) is 48.2 Å². The number of aryl methyl sites for hydroxylation is 2. The molecule has 2 heterocycles. The Morgan fingerprint density at radius 3 is 2.20 bits per heavy atom. The predicted octanol–water partition coefficient (Wildman–Crippen LogP) is 1.40. The van der Waals surface area contributed by atoms with Gasteiger partial charge in [0.15, 0.2) is 5.82 Å². The molecule has 1 saturated heterocycles. The number of aromatic amines is 1. The third-order valence-electron chi connectivity index (χ3n) is 9.37. The molecule has 1 saturated carbocycles. The normalized spacial score (nSPS) is 21.6. The van der Waals surface area contributed by atoms with E-state index in [9.17, 15) is 24.4 Å². The number of aromatic nitrogens is 2. The van der Waals surface area contributed by atoms with Gasteiger partial charge in [0.2, 0.25) is 5.91 Å². The molecule has 6 rings (SSSR count). The molecular formula is C32H35N7O5. The second-order valence-corrected chi connectivity index (χ2v) is 12.0. The summed E-state index contributed by atoms with van der Waals surface area (Å²) in [6, 6.07) is 12.7. The minimum absolute atomic E-state index is 0.0545. The Hall–Kier alpha value is -4.76. The lowest BCUT2D eigenvalue weighted by atomic mass is 9.67. The van der Waals surface area contributed by atoms with Crippen LogP contribution in [-0.4, -0.2) is 71.5 Å². The van der Waals surface area contributed by atoms with Crippen LogP contribution in [0.4, 0.5) is 0 Å². The largest absolute Gasteiger partial charge is 0.459 e. The Balaban J connectivity index is 1.43. The van der Waals surface area contributed by atoms with Crippen LogP contribution >= 0.6 is 0 Å². The van der Waals surface area contributed by atoms with E-state index in [1.54, 1.807) is 31.1 Å². The fourth-order valence-corrected chi connectivity index (χ4v) is 7.22. The van der Waals surface area contributed by atoms with E-state index >= 15 is 0 Å². The highest BCUT2D eigenvalue weighted by Gasteiger charge is 2.54. The number of carbonyl (C=O) groups is 3. The Labute approximate surface area is 254 Å². The Morgan fingerprint density at radius 1 is 1.07 bits per heavy atom. The smallest absolute Gasteiger partial charge is 0.355 e. The molecule has 44 heavy (non-hydrogen) atoms. The van der Waals surface area contributed by atoms with Gasteiger partial charge in [-0.1, -0.05) is 12.1 Å². The van der Waals surface area contributed by atoms with Crippen LogP contribution in [0.2, 0.25) is 0 Å². The summed E-state index contributed by atoms with van der Waals surface area (Å²) in [5.41, 5.74) is 3.40. The maximum Gasteiger partial charge on any atom is 0.459 e. The predicted molar refractivity (Wildman–Crippen MR) is 159 cm³/mol. The molecule has 4 N–H and O–H groups in total. The van der Waals surface area contributed by atoms with Crippen LogP contribution in [0.3, 0.4) is 0 Å². The molecule has 228 valence electrons. The van der Waals surface area contributed by atoms with Crippen molar-refractivity contribution in [2.45, 2.75) is 62.6 Å². The standard InChI is InChI=1S/C32H35N7O5/c1-17(36-16-27(40)39-23(15-33)12-22-13-26(22)39)14-32(30-37-31(43)44-38-30)24-8-6-20(28(41)34-2)10-18(24)4-5-19-11-21(29(42)35-3)7-9-25(19)32/h6-11,17,22-23,26,36H,4-5,12-14,16H2,1-3H3,(H,34,41)(H,35,42)(H,37,38,43)/t17-,22+,23-,26-/m0/s1. The number of nitrogens with one attached hydrogen (secondary N) is 4. The fourth-order valence-electron chi connectivity index (χ4n) is 7.22. The van der Waals surface area contributed by atoms with Crippen molar-refractivity contribution >= 4 is 17.7 Å². The molecule has 3 amide bonds. The van der Waals surface area contributed by atoms with Crippen LogP contribution < -0.4 is 21.7 Å². The first-order chi connectivity index (χ1) is 21.2. The summed E-state index contributed by atoms with van der Waals surface area (Å²) < 4.78 is 5.13. The topological polar surface area (TPSA) is 173 Å². The van der Waals surface area contributed by atoms with Gasteiger partial charge >= 0.3 is 5.76 Å². The van der Waals surface area contributed by atoms with Crippen LogP contribution in [0.25, 0.3) is 0 Å². The van der Waals surface area contributed by atoms with Crippen LogP contribution in [-0.2, 0) is 23.1 Å². The average Bonchev–Trinajstić information content (AvgIpc) is 3.53. The van der Waals surface area contributed by atoms with Gasteiger partial charge in [-0.05, 0) is 91.5 Å². The van der Waals surface area contributed by atoms with E-state index < -0.39 is 11.2 Å². The Morgan fingerprint density at radius 2 is 1.68 bits per heavy atom. The van der Waals surface area contributed by atoms with Gasteiger partial charge in [0, 0.05) is 37.3 Å². The van der Waals surface area contributed by atoms with E-state index in [0.29, 0.717) is 36.3 Å². The minimum Gasteiger partial charge on any atom is -0.355 e. The van der Waals surface area contributed by atoms with Crippen LogP contribution in [0.15, 0.2) is 45.7 Å². The second kappa shape index (κ2) is 11.4. The number of nitriles is 1. The molecule has 4 atom stereocenters. The van der Waals surface area contributed by atoms with Crippen molar-refractivity contribution in [3.63, 3.8) is 0 Å². The zero-order chi connectivity index (χ0) is 31.2. The molecule has 0 spiro atoms. The van der Waals surface area contributed by atoms with Gasteiger partial charge in [0.1, 0.15) is 6.04 Å². The zero-order valence-electron chi connectivity index (χ0n) is 24.9. The molecule has 0 unspecified atom stereocenters. The number of amides is 3. The first kappa shape index (κ1) is 29.3. The summed E-state index contributed by atoms with van der Waals surface area (Å²) in [6.07, 6.45) is 3.18. The van der Waals surface area contributed by atoms with Gasteiger partial charge in [-0.15, -0.1) is 0 Å². The van der Waals surface area contributed by atoms with Gasteiger partial charge < -0.3 is 25.4 Å². The number of fused-ring (bicyclic) bond motifs is 3. The Bertz CT molecular complexity index is 1670. The van der Waals surface area contributed by atoms with Crippen LogP contribution in [0.1, 0.15) is 75.0 Å². The number of likely N-dealkylation sites (tertiary alicyclic amines) is 1. The van der Waals surface area contributed by atoms with Gasteiger partial charge in [-0.3, -0.25) is 14.4 Å². The maximum absolute atomic E-state index is 13.3. The molecule has 12 nitrogen and oxygen atoms in total. The molecule has 12 heteroatoms. The maximum atomic E-state index is 13.3.